The van der Waals surface area contributed by atoms with Crippen LogP contribution in [-0.2, 0) is 11.2 Å². The summed E-state index contributed by atoms with van der Waals surface area (Å²) in [4.78, 5) is 23.4. The summed E-state index contributed by atoms with van der Waals surface area (Å²) in [5, 5.41) is 21.3. The van der Waals surface area contributed by atoms with Crippen molar-refractivity contribution >= 4 is 28.3 Å². The molecular weight excluding hydrogens is 426 g/mol. The second-order valence-corrected chi connectivity index (χ2v) is 9.06. The number of anilines is 1. The van der Waals surface area contributed by atoms with E-state index in [4.69, 9.17) is 9.84 Å². The Kier molecular flexibility index (Phi) is 7.11. The first-order valence-electron chi connectivity index (χ1n) is 10.7. The van der Waals surface area contributed by atoms with Crippen molar-refractivity contribution in [2.45, 2.75) is 44.6 Å². The van der Waals surface area contributed by atoms with E-state index in [1.54, 1.807) is 24.3 Å². The molecule has 3 aromatic rings. The molecule has 1 aliphatic carbocycles. The van der Waals surface area contributed by atoms with Crippen LogP contribution < -0.4 is 10.1 Å². The van der Waals surface area contributed by atoms with Gasteiger partial charge in [-0.15, -0.1) is 10.2 Å². The van der Waals surface area contributed by atoms with Gasteiger partial charge in [-0.25, -0.2) is 0 Å². The van der Waals surface area contributed by atoms with Gasteiger partial charge in [-0.05, 0) is 61.4 Å². The lowest BCUT2D eigenvalue weighted by Gasteiger charge is -2.28. The molecule has 0 atom stereocenters. The Morgan fingerprint density at radius 3 is 2.41 bits per heavy atom. The Morgan fingerprint density at radius 1 is 1.00 bits per heavy atom. The number of aromatic nitrogens is 2. The average molecular weight is 452 g/mol. The van der Waals surface area contributed by atoms with Crippen LogP contribution in [0.1, 0.15) is 53.0 Å². The molecule has 2 N–H and O–H groups in total. The van der Waals surface area contributed by atoms with E-state index in [0.717, 1.165) is 36.3 Å². The van der Waals surface area contributed by atoms with Crippen molar-refractivity contribution in [2.24, 2.45) is 5.92 Å². The fourth-order valence-electron chi connectivity index (χ4n) is 3.89. The summed E-state index contributed by atoms with van der Waals surface area (Å²) in [5.41, 5.74) is 1.66. The average Bonchev–Trinajstić information content (AvgIpc) is 3.22. The Morgan fingerprint density at radius 2 is 1.72 bits per heavy atom. The van der Waals surface area contributed by atoms with E-state index in [-0.39, 0.29) is 24.3 Å². The number of carbonyl (C=O) groups is 2. The largest absolute Gasteiger partial charge is 0.490 e. The highest BCUT2D eigenvalue weighted by Gasteiger charge is 2.24. The Labute approximate surface area is 190 Å². The fraction of sp³-hybridized carbons (Fsp3) is 0.333. The Hall–Kier alpha value is -3.26. The summed E-state index contributed by atoms with van der Waals surface area (Å²) >= 11 is 1.37. The Balaban J connectivity index is 1.27. The normalized spacial score (nSPS) is 18.1. The van der Waals surface area contributed by atoms with E-state index in [2.05, 4.69) is 15.5 Å². The molecule has 1 aromatic heterocycles. The van der Waals surface area contributed by atoms with Crippen molar-refractivity contribution in [3.8, 4) is 5.75 Å². The third-order valence-corrected chi connectivity index (χ3v) is 6.40. The monoisotopic (exact) mass is 451 g/mol. The lowest BCUT2D eigenvalue weighted by Crippen LogP contribution is -2.25. The maximum atomic E-state index is 12.5. The minimum Gasteiger partial charge on any atom is -0.490 e. The van der Waals surface area contributed by atoms with Crippen molar-refractivity contribution in [3.05, 3.63) is 70.7 Å². The fourth-order valence-corrected chi connectivity index (χ4v) is 4.66. The maximum Gasteiger partial charge on any atom is 0.303 e. The van der Waals surface area contributed by atoms with Crippen LogP contribution in [0.3, 0.4) is 0 Å². The molecule has 0 saturated heterocycles. The number of aliphatic carboxylic acids is 1. The van der Waals surface area contributed by atoms with Crippen molar-refractivity contribution in [3.63, 3.8) is 0 Å². The smallest absolute Gasteiger partial charge is 0.303 e. The zero-order chi connectivity index (χ0) is 22.3. The van der Waals surface area contributed by atoms with Crippen LogP contribution in [0.5, 0.6) is 5.75 Å². The summed E-state index contributed by atoms with van der Waals surface area (Å²) in [7, 11) is 0. The Bertz CT molecular complexity index is 1040. The van der Waals surface area contributed by atoms with Crippen LogP contribution in [-0.4, -0.2) is 33.3 Å². The van der Waals surface area contributed by atoms with E-state index in [1.807, 2.05) is 30.3 Å². The molecule has 1 heterocycles. The molecule has 0 bridgehead atoms. The standard InChI is InChI=1S/C24H25N3O4S/c28-22(29)15-17-6-10-19(11-7-17)31-20-12-8-18(9-13-20)23(30)25-24-27-26-21(32-24)14-16-4-2-1-3-5-16/h1-5,8-9,12-13,17,19H,6-7,10-11,14-15H2,(H,28,29)(H,25,27,30). The number of ether oxygens (including phenoxy) is 1. The number of carboxylic acid groups (broad SMARTS) is 1. The lowest BCUT2D eigenvalue weighted by atomic mass is 9.85. The molecule has 0 aliphatic heterocycles. The van der Waals surface area contributed by atoms with Gasteiger partial charge in [0.05, 0.1) is 6.10 Å². The van der Waals surface area contributed by atoms with Crippen LogP contribution in [0, 0.1) is 5.92 Å². The van der Waals surface area contributed by atoms with Gasteiger partial charge in [0.2, 0.25) is 5.13 Å². The number of amides is 1. The second kappa shape index (κ2) is 10.4. The molecule has 1 fully saturated rings. The highest BCUT2D eigenvalue weighted by atomic mass is 32.1. The van der Waals surface area contributed by atoms with Gasteiger partial charge in [0.15, 0.2) is 0 Å². The van der Waals surface area contributed by atoms with Crippen LogP contribution in [0.4, 0.5) is 5.13 Å². The van der Waals surface area contributed by atoms with Gasteiger partial charge in [-0.1, -0.05) is 41.7 Å². The van der Waals surface area contributed by atoms with E-state index < -0.39 is 5.97 Å². The lowest BCUT2D eigenvalue weighted by molar-refractivity contribution is -0.138. The van der Waals surface area contributed by atoms with Gasteiger partial charge in [0.1, 0.15) is 10.8 Å². The van der Waals surface area contributed by atoms with E-state index >= 15 is 0 Å². The molecule has 2 aromatic carbocycles. The van der Waals surface area contributed by atoms with Gasteiger partial charge in [-0.2, -0.15) is 0 Å². The van der Waals surface area contributed by atoms with Crippen LogP contribution in [0.25, 0.3) is 0 Å². The summed E-state index contributed by atoms with van der Waals surface area (Å²) < 4.78 is 6.02. The quantitative estimate of drug-likeness (QED) is 0.510. The second-order valence-electron chi connectivity index (χ2n) is 8.00. The number of hydrogen-bond donors (Lipinski definition) is 2. The van der Waals surface area contributed by atoms with Gasteiger partial charge in [0.25, 0.3) is 5.91 Å². The summed E-state index contributed by atoms with van der Waals surface area (Å²) in [6.07, 6.45) is 4.43. The first-order valence-corrected chi connectivity index (χ1v) is 11.5. The van der Waals surface area contributed by atoms with E-state index in [1.165, 1.54) is 11.3 Å². The van der Waals surface area contributed by atoms with Crippen molar-refractivity contribution < 1.29 is 19.4 Å². The third kappa shape index (κ3) is 6.13. The van der Waals surface area contributed by atoms with Crippen LogP contribution in [0.2, 0.25) is 0 Å². The minimum absolute atomic E-state index is 0.0872. The van der Waals surface area contributed by atoms with Crippen molar-refractivity contribution in [1.82, 2.24) is 10.2 Å². The topological polar surface area (TPSA) is 101 Å². The number of nitrogens with zero attached hydrogens (tertiary/aromatic N) is 2. The van der Waals surface area contributed by atoms with Gasteiger partial charge >= 0.3 is 5.97 Å². The van der Waals surface area contributed by atoms with Crippen molar-refractivity contribution in [1.29, 1.82) is 0 Å². The molecule has 32 heavy (non-hydrogen) atoms. The highest BCUT2D eigenvalue weighted by Crippen LogP contribution is 2.30. The molecule has 7 nitrogen and oxygen atoms in total. The van der Waals surface area contributed by atoms with Crippen LogP contribution >= 0.6 is 11.3 Å². The highest BCUT2D eigenvalue weighted by molar-refractivity contribution is 7.15. The van der Waals surface area contributed by atoms with Gasteiger partial charge < -0.3 is 9.84 Å². The molecule has 4 rings (SSSR count). The number of nitrogens with one attached hydrogen (secondary N) is 1. The molecule has 1 aliphatic rings. The van der Waals surface area contributed by atoms with Gasteiger partial charge in [-0.3, -0.25) is 14.9 Å². The summed E-state index contributed by atoms with van der Waals surface area (Å²) in [5.74, 6) is -0.0198. The molecule has 0 radical (unpaired) electrons. The maximum absolute atomic E-state index is 12.5. The minimum atomic E-state index is -0.732. The first-order chi connectivity index (χ1) is 15.5. The molecule has 1 amide bonds. The van der Waals surface area contributed by atoms with Crippen molar-refractivity contribution in [2.75, 3.05) is 5.32 Å². The predicted octanol–water partition coefficient (Wildman–Crippen LogP) is 4.79. The zero-order valence-corrected chi connectivity index (χ0v) is 18.4. The van der Waals surface area contributed by atoms with Crippen LogP contribution in [0.15, 0.2) is 54.6 Å². The van der Waals surface area contributed by atoms with Gasteiger partial charge in [0, 0.05) is 18.4 Å². The first kappa shape index (κ1) is 22.0. The summed E-state index contributed by atoms with van der Waals surface area (Å²) in [6.45, 7) is 0. The number of hydrogen-bond acceptors (Lipinski definition) is 6. The number of carbonyl (C=O) groups excluding carboxylic acids is 1. The molecule has 166 valence electrons. The number of carboxylic acids is 1. The van der Waals surface area contributed by atoms with E-state index in [9.17, 15) is 9.59 Å². The molecule has 0 unspecified atom stereocenters. The predicted molar refractivity (Wildman–Crippen MR) is 122 cm³/mol. The molecule has 1 saturated carbocycles. The summed E-state index contributed by atoms with van der Waals surface area (Å²) in [6, 6.07) is 17.0. The SMILES string of the molecule is O=C(O)CC1CCC(Oc2ccc(C(=O)Nc3nnc(Cc4ccccc4)s3)cc2)CC1. The number of benzene rings is 2. The zero-order valence-electron chi connectivity index (χ0n) is 17.6. The van der Waals surface area contributed by atoms with E-state index in [0.29, 0.717) is 22.9 Å². The third-order valence-electron chi connectivity index (χ3n) is 5.56. The number of rotatable bonds is 8. The molecule has 8 heteroatoms. The molecular formula is C24H25N3O4S. The molecule has 0 spiro atoms.